The number of furan rings is 1. The third-order valence-electron chi connectivity index (χ3n) is 3.88. The summed E-state index contributed by atoms with van der Waals surface area (Å²) in [6, 6.07) is 6.90. The molecule has 0 saturated carbocycles. The second-order valence-electron chi connectivity index (χ2n) is 5.64. The quantitative estimate of drug-likeness (QED) is 0.745. The summed E-state index contributed by atoms with van der Waals surface area (Å²) in [4.78, 5) is 16.2. The zero-order valence-electron chi connectivity index (χ0n) is 14.1. The minimum Gasteiger partial charge on any atom is -0.481 e. The fraction of sp³-hybridized carbons (Fsp3) is 0.222. The van der Waals surface area contributed by atoms with Crippen LogP contribution in [0.5, 0.6) is 5.88 Å². The number of ether oxygens (including phenoxy) is 1. The standard InChI is InChI=1S/C18H18FN3O3/c1-10-14-8-12(19)4-6-15(14)25-17(10)11(2)21-18(23)22-13-5-7-16(24-3)20-9-13/h4-9,11H,1-3H3,(H2,21,22,23)/t11-/m0/s1. The maximum Gasteiger partial charge on any atom is 0.319 e. The number of carbonyl (C=O) groups excluding carboxylic acids is 1. The highest BCUT2D eigenvalue weighted by molar-refractivity contribution is 5.89. The van der Waals surface area contributed by atoms with Crippen LogP contribution >= 0.6 is 0 Å². The van der Waals surface area contributed by atoms with Gasteiger partial charge in [-0.2, -0.15) is 0 Å². The molecule has 0 radical (unpaired) electrons. The summed E-state index contributed by atoms with van der Waals surface area (Å²) in [6.07, 6.45) is 1.50. The number of pyridine rings is 1. The van der Waals surface area contributed by atoms with E-state index < -0.39 is 6.03 Å². The molecular weight excluding hydrogens is 325 g/mol. The van der Waals surface area contributed by atoms with Crippen molar-refractivity contribution in [2.75, 3.05) is 12.4 Å². The molecule has 0 bridgehead atoms. The van der Waals surface area contributed by atoms with Gasteiger partial charge >= 0.3 is 6.03 Å². The molecule has 6 nitrogen and oxygen atoms in total. The van der Waals surface area contributed by atoms with E-state index in [0.717, 1.165) is 5.56 Å². The van der Waals surface area contributed by atoms with Crippen LogP contribution < -0.4 is 15.4 Å². The molecule has 0 aliphatic carbocycles. The van der Waals surface area contributed by atoms with E-state index in [1.54, 1.807) is 25.1 Å². The highest BCUT2D eigenvalue weighted by atomic mass is 19.1. The fourth-order valence-electron chi connectivity index (χ4n) is 2.63. The van der Waals surface area contributed by atoms with Crippen LogP contribution in [0.25, 0.3) is 11.0 Å². The predicted molar refractivity (Wildman–Crippen MR) is 92.3 cm³/mol. The molecule has 0 aliphatic rings. The van der Waals surface area contributed by atoms with Crippen LogP contribution in [0.4, 0.5) is 14.9 Å². The summed E-state index contributed by atoms with van der Waals surface area (Å²) in [5.41, 5.74) is 1.92. The van der Waals surface area contributed by atoms with E-state index >= 15 is 0 Å². The molecule has 3 aromatic rings. The second kappa shape index (κ2) is 6.80. The van der Waals surface area contributed by atoms with Gasteiger partial charge in [0.15, 0.2) is 0 Å². The van der Waals surface area contributed by atoms with Crippen LogP contribution in [0.3, 0.4) is 0 Å². The number of methoxy groups -OCH3 is 1. The van der Waals surface area contributed by atoms with Crippen LogP contribution in [-0.2, 0) is 0 Å². The highest BCUT2D eigenvalue weighted by Crippen LogP contribution is 2.29. The van der Waals surface area contributed by atoms with Crippen LogP contribution in [-0.4, -0.2) is 18.1 Å². The van der Waals surface area contributed by atoms with Crippen LogP contribution in [0.15, 0.2) is 40.9 Å². The van der Waals surface area contributed by atoms with Crippen LogP contribution in [0, 0.1) is 12.7 Å². The minimum atomic E-state index is -0.398. The molecule has 3 rings (SSSR count). The zero-order valence-corrected chi connectivity index (χ0v) is 14.1. The Balaban J connectivity index is 1.71. The maximum atomic E-state index is 13.4. The van der Waals surface area contributed by atoms with E-state index in [-0.39, 0.29) is 11.9 Å². The minimum absolute atomic E-state index is 0.326. The lowest BCUT2D eigenvalue weighted by molar-refractivity contribution is 0.248. The molecule has 130 valence electrons. The molecule has 1 aromatic carbocycles. The Morgan fingerprint density at radius 2 is 2.12 bits per heavy atom. The van der Waals surface area contributed by atoms with Gasteiger partial charge in [0.05, 0.1) is 25.0 Å². The van der Waals surface area contributed by atoms with Gasteiger partial charge < -0.3 is 19.8 Å². The maximum absolute atomic E-state index is 13.4. The Morgan fingerprint density at radius 3 is 2.80 bits per heavy atom. The van der Waals surface area contributed by atoms with Gasteiger partial charge in [-0.3, -0.25) is 0 Å². The molecule has 25 heavy (non-hydrogen) atoms. The van der Waals surface area contributed by atoms with Gasteiger partial charge in [-0.15, -0.1) is 0 Å². The summed E-state index contributed by atoms with van der Waals surface area (Å²) in [5, 5.41) is 6.18. The number of fused-ring (bicyclic) bond motifs is 1. The number of halogens is 1. The molecular formula is C18H18FN3O3. The smallest absolute Gasteiger partial charge is 0.319 e. The number of nitrogens with zero attached hydrogens (tertiary/aromatic N) is 1. The monoisotopic (exact) mass is 343 g/mol. The fourth-order valence-corrected chi connectivity index (χ4v) is 2.63. The van der Waals surface area contributed by atoms with Gasteiger partial charge in [-0.05, 0) is 38.1 Å². The summed E-state index contributed by atoms with van der Waals surface area (Å²) < 4.78 is 24.1. The van der Waals surface area contributed by atoms with Gasteiger partial charge in [-0.25, -0.2) is 14.2 Å². The molecule has 0 saturated heterocycles. The molecule has 2 heterocycles. The van der Waals surface area contributed by atoms with Crippen molar-refractivity contribution in [1.29, 1.82) is 0 Å². The van der Waals surface area contributed by atoms with Crippen LogP contribution in [0.2, 0.25) is 0 Å². The van der Waals surface area contributed by atoms with E-state index in [1.807, 2.05) is 6.92 Å². The van der Waals surface area contributed by atoms with Gasteiger partial charge in [-0.1, -0.05) is 0 Å². The van der Waals surface area contributed by atoms with Crippen molar-refractivity contribution in [2.24, 2.45) is 0 Å². The van der Waals surface area contributed by atoms with E-state index in [1.165, 1.54) is 25.4 Å². The molecule has 2 amide bonds. The number of benzene rings is 1. The summed E-state index contributed by atoms with van der Waals surface area (Å²) >= 11 is 0. The van der Waals surface area contributed by atoms with E-state index in [4.69, 9.17) is 9.15 Å². The highest BCUT2D eigenvalue weighted by Gasteiger charge is 2.19. The summed E-state index contributed by atoms with van der Waals surface area (Å²) in [5.74, 6) is 0.723. The van der Waals surface area contributed by atoms with Crippen molar-refractivity contribution in [2.45, 2.75) is 19.9 Å². The Morgan fingerprint density at radius 1 is 1.32 bits per heavy atom. The second-order valence-corrected chi connectivity index (χ2v) is 5.64. The van der Waals surface area contributed by atoms with Gasteiger partial charge in [0.25, 0.3) is 0 Å². The van der Waals surface area contributed by atoms with E-state index in [9.17, 15) is 9.18 Å². The first-order valence-corrected chi connectivity index (χ1v) is 7.74. The number of hydrogen-bond donors (Lipinski definition) is 2. The number of rotatable bonds is 4. The molecule has 7 heteroatoms. The SMILES string of the molecule is COc1ccc(NC(=O)N[C@@H](C)c2oc3ccc(F)cc3c2C)cn1. The molecule has 0 spiro atoms. The number of amides is 2. The normalized spacial score (nSPS) is 12.0. The topological polar surface area (TPSA) is 76.4 Å². The number of nitrogens with one attached hydrogen (secondary N) is 2. The molecule has 0 unspecified atom stereocenters. The van der Waals surface area contributed by atoms with Gasteiger partial charge in [0.2, 0.25) is 5.88 Å². The Hall–Kier alpha value is -3.09. The summed E-state index contributed by atoms with van der Waals surface area (Å²) in [6.45, 7) is 3.64. The first-order valence-electron chi connectivity index (χ1n) is 7.74. The van der Waals surface area contributed by atoms with Crippen molar-refractivity contribution in [3.05, 3.63) is 53.7 Å². The van der Waals surface area contributed by atoms with E-state index in [0.29, 0.717) is 28.3 Å². The molecule has 2 N–H and O–H groups in total. The van der Waals surface area contributed by atoms with Crippen molar-refractivity contribution in [3.63, 3.8) is 0 Å². The number of aromatic nitrogens is 1. The number of aryl methyl sites for hydroxylation is 1. The molecule has 0 aliphatic heterocycles. The number of urea groups is 1. The lowest BCUT2D eigenvalue weighted by Crippen LogP contribution is -2.31. The molecule has 2 aromatic heterocycles. The predicted octanol–water partition coefficient (Wildman–Crippen LogP) is 4.17. The zero-order chi connectivity index (χ0) is 18.0. The average Bonchev–Trinajstić information content (AvgIpc) is 2.92. The number of hydrogen-bond acceptors (Lipinski definition) is 4. The third-order valence-corrected chi connectivity index (χ3v) is 3.88. The Labute approximate surface area is 144 Å². The first-order chi connectivity index (χ1) is 12.0. The van der Waals surface area contributed by atoms with Crippen molar-refractivity contribution in [3.8, 4) is 5.88 Å². The third kappa shape index (κ3) is 3.55. The van der Waals surface area contributed by atoms with Crippen molar-refractivity contribution in [1.82, 2.24) is 10.3 Å². The van der Waals surface area contributed by atoms with Crippen molar-refractivity contribution < 1.29 is 18.3 Å². The lowest BCUT2D eigenvalue weighted by atomic mass is 10.1. The Bertz CT molecular complexity index is 906. The first kappa shape index (κ1) is 16.8. The Kier molecular flexibility index (Phi) is 4.56. The average molecular weight is 343 g/mol. The summed E-state index contributed by atoms with van der Waals surface area (Å²) in [7, 11) is 1.52. The number of anilines is 1. The van der Waals surface area contributed by atoms with Crippen LogP contribution in [0.1, 0.15) is 24.3 Å². The largest absolute Gasteiger partial charge is 0.481 e. The number of carbonyl (C=O) groups is 1. The molecule has 0 fully saturated rings. The van der Waals surface area contributed by atoms with Gasteiger partial charge in [0.1, 0.15) is 17.2 Å². The molecule has 1 atom stereocenters. The van der Waals surface area contributed by atoms with Gasteiger partial charge in [0, 0.05) is 17.0 Å². The lowest BCUT2D eigenvalue weighted by Gasteiger charge is -2.13. The van der Waals surface area contributed by atoms with E-state index in [2.05, 4.69) is 15.6 Å². The van der Waals surface area contributed by atoms with Crippen molar-refractivity contribution >= 4 is 22.7 Å².